The van der Waals surface area contributed by atoms with Crippen LogP contribution in [0.5, 0.6) is 0 Å². The van der Waals surface area contributed by atoms with E-state index in [-0.39, 0.29) is 5.91 Å². The average Bonchev–Trinajstić information content (AvgIpc) is 2.86. The van der Waals surface area contributed by atoms with Gasteiger partial charge in [-0.2, -0.15) is 0 Å². The van der Waals surface area contributed by atoms with E-state index in [1.807, 2.05) is 0 Å². The van der Waals surface area contributed by atoms with Crippen molar-refractivity contribution in [2.24, 2.45) is 0 Å². The summed E-state index contributed by atoms with van der Waals surface area (Å²) in [4.78, 5) is 23.7. The van der Waals surface area contributed by atoms with Gasteiger partial charge in [0.15, 0.2) is 0 Å². The van der Waals surface area contributed by atoms with Crippen LogP contribution in [0.3, 0.4) is 0 Å². The molecule has 1 amide bonds. The normalized spacial score (nSPS) is 10.2. The van der Waals surface area contributed by atoms with E-state index >= 15 is 0 Å². The molecule has 0 radical (unpaired) electrons. The molecule has 0 aliphatic heterocycles. The molecule has 0 aliphatic rings. The first kappa shape index (κ1) is 13.9. The molecule has 5 nitrogen and oxygen atoms in total. The van der Waals surface area contributed by atoms with Gasteiger partial charge >= 0.3 is 5.97 Å². The number of methoxy groups -OCH3 is 1. The lowest BCUT2D eigenvalue weighted by Gasteiger charge is -2.11. The minimum absolute atomic E-state index is 0.277. The minimum Gasteiger partial charge on any atom is -0.469 e. The van der Waals surface area contributed by atoms with E-state index in [1.165, 1.54) is 13.4 Å². The Morgan fingerprint density at radius 2 is 1.90 bits per heavy atom. The van der Waals surface area contributed by atoms with Gasteiger partial charge in [0.1, 0.15) is 5.76 Å². The van der Waals surface area contributed by atoms with Crippen molar-refractivity contribution in [3.05, 3.63) is 53.0 Å². The quantitative estimate of drug-likeness (QED) is 0.873. The zero-order valence-corrected chi connectivity index (χ0v) is 11.5. The van der Waals surface area contributed by atoms with Crippen LogP contribution in [0.2, 0.25) is 0 Å². The van der Waals surface area contributed by atoms with E-state index < -0.39 is 5.97 Å². The van der Waals surface area contributed by atoms with Crippen LogP contribution in [0.25, 0.3) is 0 Å². The van der Waals surface area contributed by atoms with Crippen molar-refractivity contribution in [1.29, 1.82) is 0 Å². The number of furan rings is 1. The second-order valence-corrected chi connectivity index (χ2v) is 4.31. The number of hydrogen-bond acceptors (Lipinski definition) is 4. The molecule has 0 aliphatic carbocycles. The van der Waals surface area contributed by atoms with Crippen LogP contribution in [-0.2, 0) is 4.74 Å². The van der Waals surface area contributed by atoms with Crippen molar-refractivity contribution in [3.63, 3.8) is 0 Å². The Labute approximate surface area is 116 Å². The third-order valence-electron chi connectivity index (χ3n) is 3.09. The summed E-state index contributed by atoms with van der Waals surface area (Å²) >= 11 is 0. The predicted molar refractivity (Wildman–Crippen MR) is 73.9 cm³/mol. The number of carbonyl (C=O) groups is 2. The van der Waals surface area contributed by atoms with Crippen molar-refractivity contribution in [1.82, 2.24) is 0 Å². The molecule has 0 saturated heterocycles. The van der Waals surface area contributed by atoms with Gasteiger partial charge in [-0.15, -0.1) is 0 Å². The number of esters is 1. The van der Waals surface area contributed by atoms with Crippen LogP contribution in [0.15, 0.2) is 34.9 Å². The Hall–Kier alpha value is -2.56. The number of ether oxygens (including phenoxy) is 1. The lowest BCUT2D eigenvalue weighted by molar-refractivity contribution is 0.0599. The summed E-state index contributed by atoms with van der Waals surface area (Å²) in [6.07, 6.45) is 1.46. The number of carbonyl (C=O) groups excluding carboxylic acids is 2. The summed E-state index contributed by atoms with van der Waals surface area (Å²) in [7, 11) is 1.32. The maximum Gasteiger partial charge on any atom is 0.338 e. The third-order valence-corrected chi connectivity index (χ3v) is 3.09. The van der Waals surface area contributed by atoms with Gasteiger partial charge in [0.2, 0.25) is 0 Å². The zero-order chi connectivity index (χ0) is 14.7. The smallest absolute Gasteiger partial charge is 0.338 e. The molecule has 104 valence electrons. The maximum atomic E-state index is 12.1. The van der Waals surface area contributed by atoms with Crippen molar-refractivity contribution < 1.29 is 18.7 Å². The molecule has 0 atom stereocenters. The average molecular weight is 273 g/mol. The standard InChI is InChI=1S/C15H15NO4/c1-9-11(15(18)19-3)5-4-6-13(9)16-14(17)12-7-8-20-10(12)2/h4-8H,1-3H3,(H,16,17). The molecule has 2 aromatic rings. The van der Waals surface area contributed by atoms with Crippen LogP contribution >= 0.6 is 0 Å². The number of anilines is 1. The van der Waals surface area contributed by atoms with E-state index in [0.29, 0.717) is 28.1 Å². The van der Waals surface area contributed by atoms with Gasteiger partial charge in [-0.3, -0.25) is 4.79 Å². The molecule has 0 unspecified atom stereocenters. The highest BCUT2D eigenvalue weighted by molar-refractivity contribution is 6.06. The van der Waals surface area contributed by atoms with E-state index in [1.54, 1.807) is 38.1 Å². The predicted octanol–water partition coefficient (Wildman–Crippen LogP) is 2.94. The minimum atomic E-state index is -0.432. The van der Waals surface area contributed by atoms with Crippen LogP contribution in [0, 0.1) is 13.8 Å². The Kier molecular flexibility index (Phi) is 3.89. The topological polar surface area (TPSA) is 68.5 Å². The van der Waals surface area contributed by atoms with E-state index in [4.69, 9.17) is 9.15 Å². The molecule has 1 N–H and O–H groups in total. The van der Waals surface area contributed by atoms with Crippen LogP contribution < -0.4 is 5.32 Å². The number of rotatable bonds is 3. The number of hydrogen-bond donors (Lipinski definition) is 1. The fourth-order valence-corrected chi connectivity index (χ4v) is 1.91. The van der Waals surface area contributed by atoms with Crippen molar-refractivity contribution in [3.8, 4) is 0 Å². The second-order valence-electron chi connectivity index (χ2n) is 4.31. The van der Waals surface area contributed by atoms with Gasteiger partial charge < -0.3 is 14.5 Å². The molecule has 1 aromatic heterocycles. The summed E-state index contributed by atoms with van der Waals surface area (Å²) in [5.41, 5.74) is 2.12. The summed E-state index contributed by atoms with van der Waals surface area (Å²) < 4.78 is 9.80. The van der Waals surface area contributed by atoms with E-state index in [9.17, 15) is 9.59 Å². The zero-order valence-electron chi connectivity index (χ0n) is 11.5. The summed E-state index contributed by atoms with van der Waals surface area (Å²) in [6, 6.07) is 6.68. The SMILES string of the molecule is COC(=O)c1cccc(NC(=O)c2ccoc2C)c1C. The lowest BCUT2D eigenvalue weighted by Crippen LogP contribution is -2.14. The molecule has 20 heavy (non-hydrogen) atoms. The third kappa shape index (κ3) is 2.56. The fourth-order valence-electron chi connectivity index (χ4n) is 1.91. The molecule has 1 heterocycles. The van der Waals surface area contributed by atoms with Crippen LogP contribution in [-0.4, -0.2) is 19.0 Å². The number of nitrogens with one attached hydrogen (secondary N) is 1. The van der Waals surface area contributed by atoms with Gasteiger partial charge in [-0.05, 0) is 37.6 Å². The van der Waals surface area contributed by atoms with Crippen molar-refractivity contribution >= 4 is 17.6 Å². The monoisotopic (exact) mass is 273 g/mol. The van der Waals surface area contributed by atoms with E-state index in [2.05, 4.69) is 5.32 Å². The van der Waals surface area contributed by atoms with Crippen LogP contribution in [0.4, 0.5) is 5.69 Å². The first-order valence-corrected chi connectivity index (χ1v) is 6.08. The fraction of sp³-hybridized carbons (Fsp3) is 0.200. The van der Waals surface area contributed by atoms with Gasteiger partial charge in [-0.25, -0.2) is 4.79 Å². The van der Waals surface area contributed by atoms with Crippen molar-refractivity contribution in [2.45, 2.75) is 13.8 Å². The Morgan fingerprint density at radius 3 is 2.50 bits per heavy atom. The number of amides is 1. The highest BCUT2D eigenvalue weighted by atomic mass is 16.5. The Morgan fingerprint density at radius 1 is 1.15 bits per heavy atom. The lowest BCUT2D eigenvalue weighted by atomic mass is 10.1. The molecular weight excluding hydrogens is 258 g/mol. The molecule has 1 aromatic carbocycles. The highest BCUT2D eigenvalue weighted by Gasteiger charge is 2.16. The van der Waals surface area contributed by atoms with Crippen molar-refractivity contribution in [2.75, 3.05) is 12.4 Å². The summed E-state index contributed by atoms with van der Waals surface area (Å²) in [5, 5.41) is 2.77. The Balaban J connectivity index is 2.29. The number of benzene rings is 1. The van der Waals surface area contributed by atoms with Gasteiger partial charge in [0.05, 0.1) is 24.5 Å². The highest BCUT2D eigenvalue weighted by Crippen LogP contribution is 2.21. The van der Waals surface area contributed by atoms with Crippen LogP contribution in [0.1, 0.15) is 32.0 Å². The van der Waals surface area contributed by atoms with Gasteiger partial charge in [0.25, 0.3) is 5.91 Å². The molecule has 0 fully saturated rings. The summed E-state index contributed by atoms with van der Waals surface area (Å²) in [6.45, 7) is 3.47. The maximum absolute atomic E-state index is 12.1. The summed E-state index contributed by atoms with van der Waals surface area (Å²) in [5.74, 6) is -0.163. The van der Waals surface area contributed by atoms with Gasteiger partial charge in [0, 0.05) is 5.69 Å². The molecule has 0 saturated carbocycles. The Bertz CT molecular complexity index is 658. The molecule has 0 bridgehead atoms. The van der Waals surface area contributed by atoms with Gasteiger partial charge in [-0.1, -0.05) is 6.07 Å². The van der Waals surface area contributed by atoms with E-state index in [0.717, 1.165) is 0 Å². The second kappa shape index (κ2) is 5.61. The first-order chi connectivity index (χ1) is 9.54. The molecule has 5 heteroatoms. The first-order valence-electron chi connectivity index (χ1n) is 6.08. The molecular formula is C15H15NO4. The molecule has 2 rings (SSSR count). The number of aryl methyl sites for hydroxylation is 1. The largest absolute Gasteiger partial charge is 0.469 e. The molecule has 0 spiro atoms.